The van der Waals surface area contributed by atoms with Gasteiger partial charge in [0, 0.05) is 37.1 Å². The largest absolute Gasteiger partial charge is 0.353 e. The van der Waals surface area contributed by atoms with Crippen molar-refractivity contribution in [3.8, 4) is 0 Å². The van der Waals surface area contributed by atoms with Gasteiger partial charge in [-0.25, -0.2) is 0 Å². The van der Waals surface area contributed by atoms with Gasteiger partial charge in [0.1, 0.15) is 0 Å². The Labute approximate surface area is 116 Å². The van der Waals surface area contributed by atoms with E-state index in [4.69, 9.17) is 5.73 Å². The van der Waals surface area contributed by atoms with E-state index in [0.29, 0.717) is 12.0 Å². The molecule has 106 valence electrons. The van der Waals surface area contributed by atoms with Crippen molar-refractivity contribution >= 4 is 18.3 Å². The van der Waals surface area contributed by atoms with Crippen LogP contribution >= 0.6 is 12.4 Å². The molecule has 0 aromatic carbocycles. The second-order valence-corrected chi connectivity index (χ2v) is 6.32. The maximum absolute atomic E-state index is 11.6. The van der Waals surface area contributed by atoms with Gasteiger partial charge >= 0.3 is 0 Å². The van der Waals surface area contributed by atoms with E-state index in [9.17, 15) is 4.79 Å². The minimum Gasteiger partial charge on any atom is -0.353 e. The topological polar surface area (TPSA) is 58.4 Å². The van der Waals surface area contributed by atoms with E-state index in [2.05, 4.69) is 24.1 Å². The van der Waals surface area contributed by atoms with E-state index in [1.54, 1.807) is 0 Å². The van der Waals surface area contributed by atoms with Crippen molar-refractivity contribution in [2.75, 3.05) is 19.6 Å². The highest BCUT2D eigenvalue weighted by Gasteiger charge is 2.32. The van der Waals surface area contributed by atoms with Crippen LogP contribution in [-0.2, 0) is 4.79 Å². The number of nitrogens with two attached hydrogens (primary N) is 1. The average Bonchev–Trinajstić information content (AvgIpc) is 3.02. The molecule has 1 saturated heterocycles. The fourth-order valence-electron chi connectivity index (χ4n) is 2.48. The molecule has 2 fully saturated rings. The Morgan fingerprint density at radius 1 is 1.28 bits per heavy atom. The van der Waals surface area contributed by atoms with Gasteiger partial charge in [0.25, 0.3) is 0 Å². The predicted octanol–water partition coefficient (Wildman–Crippen LogP) is 1.14. The molecule has 0 spiro atoms. The minimum atomic E-state index is -0.121. The summed E-state index contributed by atoms with van der Waals surface area (Å²) in [6.07, 6.45) is 4.31. The van der Waals surface area contributed by atoms with Crippen molar-refractivity contribution in [2.45, 2.75) is 51.1 Å². The van der Waals surface area contributed by atoms with Crippen LogP contribution in [0.4, 0.5) is 0 Å². The number of carbonyl (C=O) groups is 1. The first kappa shape index (κ1) is 15.7. The Bertz CT molecular complexity index is 278. The lowest BCUT2D eigenvalue weighted by atomic mass is 10.0. The molecule has 18 heavy (non-hydrogen) atoms. The zero-order valence-electron chi connectivity index (χ0n) is 11.4. The normalized spacial score (nSPS) is 22.4. The number of nitrogens with one attached hydrogen (secondary N) is 1. The van der Waals surface area contributed by atoms with Gasteiger partial charge in [0.05, 0.1) is 0 Å². The van der Waals surface area contributed by atoms with Crippen molar-refractivity contribution in [1.29, 1.82) is 0 Å². The Morgan fingerprint density at radius 3 is 2.28 bits per heavy atom. The highest BCUT2D eigenvalue weighted by atomic mass is 35.5. The lowest BCUT2D eigenvalue weighted by molar-refractivity contribution is -0.123. The van der Waals surface area contributed by atoms with E-state index in [-0.39, 0.29) is 23.9 Å². The molecule has 0 radical (unpaired) electrons. The van der Waals surface area contributed by atoms with E-state index >= 15 is 0 Å². The van der Waals surface area contributed by atoms with Crippen molar-refractivity contribution in [3.63, 3.8) is 0 Å². The fraction of sp³-hybridized carbons (Fsp3) is 0.923. The molecule has 1 heterocycles. The summed E-state index contributed by atoms with van der Waals surface area (Å²) in [5.41, 5.74) is 5.90. The first-order valence-corrected chi connectivity index (χ1v) is 6.76. The number of hydrogen-bond donors (Lipinski definition) is 2. The molecule has 2 aliphatic rings. The van der Waals surface area contributed by atoms with Gasteiger partial charge in [-0.15, -0.1) is 12.4 Å². The maximum Gasteiger partial charge on any atom is 0.223 e. The number of rotatable bonds is 4. The molecular formula is C13H26ClN3O. The number of hydrogen-bond acceptors (Lipinski definition) is 3. The number of halogens is 1. The number of piperidine rings is 1. The van der Waals surface area contributed by atoms with Gasteiger partial charge in [-0.1, -0.05) is 0 Å². The quantitative estimate of drug-likeness (QED) is 0.809. The van der Waals surface area contributed by atoms with E-state index in [1.807, 2.05) is 0 Å². The lowest BCUT2D eigenvalue weighted by Gasteiger charge is -2.36. The summed E-state index contributed by atoms with van der Waals surface area (Å²) in [7, 11) is 0. The van der Waals surface area contributed by atoms with Crippen LogP contribution in [0, 0.1) is 5.92 Å². The molecule has 3 N–H and O–H groups in total. The van der Waals surface area contributed by atoms with Crippen LogP contribution in [0.5, 0.6) is 0 Å². The average molecular weight is 276 g/mol. The molecule has 0 unspecified atom stereocenters. The van der Waals surface area contributed by atoms with Crippen LogP contribution in [0.3, 0.4) is 0 Å². The Hall–Kier alpha value is -0.320. The Kier molecular flexibility index (Phi) is 5.44. The summed E-state index contributed by atoms with van der Waals surface area (Å²) < 4.78 is 0. The van der Waals surface area contributed by atoms with Crippen LogP contribution in [-0.4, -0.2) is 42.0 Å². The summed E-state index contributed by atoms with van der Waals surface area (Å²) >= 11 is 0. The van der Waals surface area contributed by atoms with Crippen LogP contribution in [0.15, 0.2) is 0 Å². The van der Waals surface area contributed by atoms with Crippen LogP contribution < -0.4 is 11.1 Å². The summed E-state index contributed by atoms with van der Waals surface area (Å²) in [5.74, 6) is 0.610. The second kappa shape index (κ2) is 6.22. The maximum atomic E-state index is 11.6. The molecule has 0 aromatic heterocycles. The number of carbonyl (C=O) groups excluding carboxylic acids is 1. The zero-order valence-corrected chi connectivity index (χ0v) is 12.3. The van der Waals surface area contributed by atoms with E-state index < -0.39 is 0 Å². The van der Waals surface area contributed by atoms with E-state index in [1.165, 1.54) is 0 Å². The molecule has 1 saturated carbocycles. The first-order chi connectivity index (χ1) is 7.94. The lowest BCUT2D eigenvalue weighted by Crippen LogP contribution is -2.51. The molecule has 2 rings (SSSR count). The third-order valence-electron chi connectivity index (χ3n) is 3.51. The Morgan fingerprint density at radius 2 is 1.83 bits per heavy atom. The van der Waals surface area contributed by atoms with E-state index in [0.717, 1.165) is 45.3 Å². The molecule has 0 atom stereocenters. The Balaban J connectivity index is 0.00000162. The van der Waals surface area contributed by atoms with Crippen molar-refractivity contribution < 1.29 is 4.79 Å². The first-order valence-electron chi connectivity index (χ1n) is 6.76. The smallest absolute Gasteiger partial charge is 0.223 e. The molecular weight excluding hydrogens is 250 g/mol. The number of nitrogens with zero attached hydrogens (tertiary/aromatic N) is 1. The van der Waals surface area contributed by atoms with Crippen molar-refractivity contribution in [3.05, 3.63) is 0 Å². The molecule has 5 heteroatoms. The highest BCUT2D eigenvalue weighted by Crippen LogP contribution is 2.29. The van der Waals surface area contributed by atoms with Gasteiger partial charge in [-0.05, 0) is 39.5 Å². The van der Waals surface area contributed by atoms with Gasteiger partial charge in [0.15, 0.2) is 0 Å². The molecule has 1 aliphatic heterocycles. The third kappa shape index (κ3) is 5.12. The minimum absolute atomic E-state index is 0. The molecule has 4 nitrogen and oxygen atoms in total. The standard InChI is InChI=1S/C13H25N3O.ClH/c1-13(2,14)9-16-7-5-11(6-8-16)15-12(17)10-3-4-10;/h10-11H,3-9,14H2,1-2H3,(H,15,17);1H. The van der Waals surface area contributed by atoms with Crippen LogP contribution in [0.1, 0.15) is 39.5 Å². The zero-order chi connectivity index (χ0) is 12.5. The monoisotopic (exact) mass is 275 g/mol. The van der Waals surface area contributed by atoms with Gasteiger partial charge in [-0.3, -0.25) is 4.79 Å². The predicted molar refractivity (Wildman–Crippen MR) is 75.8 cm³/mol. The molecule has 0 aromatic rings. The van der Waals surface area contributed by atoms with Crippen LogP contribution in [0.25, 0.3) is 0 Å². The highest BCUT2D eigenvalue weighted by molar-refractivity contribution is 5.85. The molecule has 1 aliphatic carbocycles. The molecule has 1 amide bonds. The number of amides is 1. The second-order valence-electron chi connectivity index (χ2n) is 6.32. The van der Waals surface area contributed by atoms with Gasteiger partial charge in [0.2, 0.25) is 5.91 Å². The van der Waals surface area contributed by atoms with Crippen LogP contribution in [0.2, 0.25) is 0 Å². The summed E-state index contributed by atoms with van der Waals surface area (Å²) in [5, 5.41) is 3.17. The summed E-state index contributed by atoms with van der Waals surface area (Å²) in [6.45, 7) is 7.17. The number of likely N-dealkylation sites (tertiary alicyclic amines) is 1. The van der Waals surface area contributed by atoms with Crippen molar-refractivity contribution in [2.24, 2.45) is 11.7 Å². The fourth-order valence-corrected chi connectivity index (χ4v) is 2.48. The molecule has 0 bridgehead atoms. The summed E-state index contributed by atoms with van der Waals surface area (Å²) in [4.78, 5) is 14.0. The third-order valence-corrected chi connectivity index (χ3v) is 3.51. The van der Waals surface area contributed by atoms with Gasteiger partial charge in [-0.2, -0.15) is 0 Å². The van der Waals surface area contributed by atoms with Crippen molar-refractivity contribution in [1.82, 2.24) is 10.2 Å². The summed E-state index contributed by atoms with van der Waals surface area (Å²) in [6, 6.07) is 0.389. The van der Waals surface area contributed by atoms with Gasteiger partial charge < -0.3 is 16.0 Å². The SMILES string of the molecule is CC(C)(N)CN1CCC(NC(=O)C2CC2)CC1.Cl.